The molecule has 3 aromatic rings. The molecule has 6 nitrogen and oxygen atoms in total. The number of anilines is 1. The highest BCUT2D eigenvalue weighted by molar-refractivity contribution is 5.91. The summed E-state index contributed by atoms with van der Waals surface area (Å²) in [5, 5.41) is 2.69. The van der Waals surface area contributed by atoms with Gasteiger partial charge in [0.25, 0.3) is 0 Å². The summed E-state index contributed by atoms with van der Waals surface area (Å²) >= 11 is 0. The Kier molecular flexibility index (Phi) is 4.06. The number of hydrogen-bond acceptors (Lipinski definition) is 4. The van der Waals surface area contributed by atoms with Crippen molar-refractivity contribution in [3.63, 3.8) is 0 Å². The maximum atomic E-state index is 12.1. The molecule has 0 radical (unpaired) electrons. The summed E-state index contributed by atoms with van der Waals surface area (Å²) < 4.78 is 2.19. The van der Waals surface area contributed by atoms with Crippen LogP contribution in [0.2, 0.25) is 0 Å². The van der Waals surface area contributed by atoms with E-state index < -0.39 is 0 Å². The van der Waals surface area contributed by atoms with Crippen molar-refractivity contribution in [2.45, 2.75) is 33.2 Å². The number of nitrogens with one attached hydrogen (secondary N) is 1. The predicted octanol–water partition coefficient (Wildman–Crippen LogP) is 2.90. The summed E-state index contributed by atoms with van der Waals surface area (Å²) in [7, 11) is 0. The number of amides is 1. The molecule has 23 heavy (non-hydrogen) atoms. The number of aryl methyl sites for hydroxylation is 1. The Bertz CT molecular complexity index is 839. The molecule has 1 N–H and O–H groups in total. The van der Waals surface area contributed by atoms with Crippen LogP contribution >= 0.6 is 0 Å². The number of fused-ring (bicyclic) bond motifs is 1. The summed E-state index contributed by atoms with van der Waals surface area (Å²) in [5.41, 5.74) is 2.92. The van der Waals surface area contributed by atoms with Gasteiger partial charge in [-0.3, -0.25) is 10.1 Å². The summed E-state index contributed by atoms with van der Waals surface area (Å²) in [4.78, 5) is 24.6. The minimum atomic E-state index is -0.143. The van der Waals surface area contributed by atoms with Gasteiger partial charge < -0.3 is 4.57 Å². The van der Waals surface area contributed by atoms with E-state index in [4.69, 9.17) is 0 Å². The van der Waals surface area contributed by atoms with E-state index >= 15 is 0 Å². The number of imidazole rings is 1. The van der Waals surface area contributed by atoms with Crippen LogP contribution in [0, 0.1) is 6.92 Å². The Morgan fingerprint density at radius 2 is 2.00 bits per heavy atom. The quantitative estimate of drug-likeness (QED) is 0.804. The summed E-state index contributed by atoms with van der Waals surface area (Å²) in [6.07, 6.45) is 3.45. The van der Waals surface area contributed by atoms with Gasteiger partial charge in [0, 0.05) is 18.4 Å². The van der Waals surface area contributed by atoms with Crippen molar-refractivity contribution < 1.29 is 4.79 Å². The highest BCUT2D eigenvalue weighted by atomic mass is 16.1. The van der Waals surface area contributed by atoms with Gasteiger partial charge in [0.1, 0.15) is 5.82 Å². The molecule has 0 atom stereocenters. The molecule has 0 aliphatic rings. The van der Waals surface area contributed by atoms with Gasteiger partial charge in [0.05, 0.1) is 17.5 Å². The number of carbonyl (C=O) groups is 1. The van der Waals surface area contributed by atoms with Gasteiger partial charge >= 0.3 is 0 Å². The van der Waals surface area contributed by atoms with Crippen LogP contribution in [0.3, 0.4) is 0 Å². The average molecular weight is 309 g/mol. The normalized spacial score (nSPS) is 11.1. The number of carbonyl (C=O) groups excluding carboxylic acids is 1. The lowest BCUT2D eigenvalue weighted by atomic mass is 10.1. The number of benzene rings is 1. The summed E-state index contributed by atoms with van der Waals surface area (Å²) in [6, 6.07) is 8.01. The molecule has 1 amide bonds. The molecule has 118 valence electrons. The van der Waals surface area contributed by atoms with Gasteiger partial charge in [-0.05, 0) is 44.5 Å². The van der Waals surface area contributed by atoms with Crippen molar-refractivity contribution in [2.75, 3.05) is 5.32 Å². The third-order valence-corrected chi connectivity index (χ3v) is 3.63. The summed E-state index contributed by atoms with van der Waals surface area (Å²) in [5.74, 6) is 1.16. The Morgan fingerprint density at radius 3 is 2.70 bits per heavy atom. The van der Waals surface area contributed by atoms with Crippen LogP contribution in [0.15, 0.2) is 36.7 Å². The van der Waals surface area contributed by atoms with Gasteiger partial charge in [-0.2, -0.15) is 0 Å². The van der Waals surface area contributed by atoms with Crippen molar-refractivity contribution >= 4 is 22.9 Å². The molecule has 0 spiro atoms. The van der Waals surface area contributed by atoms with Gasteiger partial charge in [-0.15, -0.1) is 0 Å². The molecule has 0 fully saturated rings. The molecule has 0 aliphatic carbocycles. The zero-order valence-electron chi connectivity index (χ0n) is 13.4. The smallest absolute Gasteiger partial charge is 0.231 e. The number of nitrogens with zero attached hydrogens (tertiary/aromatic N) is 4. The Balaban J connectivity index is 1.80. The highest BCUT2D eigenvalue weighted by Crippen LogP contribution is 2.22. The molecule has 0 aliphatic heterocycles. The minimum Gasteiger partial charge on any atom is -0.326 e. The largest absolute Gasteiger partial charge is 0.326 e. The molecule has 6 heteroatoms. The monoisotopic (exact) mass is 309 g/mol. The minimum absolute atomic E-state index is 0.143. The summed E-state index contributed by atoms with van der Waals surface area (Å²) in [6.45, 7) is 6.27. The topological polar surface area (TPSA) is 72.7 Å². The number of aromatic nitrogens is 4. The van der Waals surface area contributed by atoms with Crippen LogP contribution in [-0.2, 0) is 11.2 Å². The van der Waals surface area contributed by atoms with E-state index in [1.807, 2.05) is 25.1 Å². The fraction of sp³-hybridized carbons (Fsp3) is 0.294. The van der Waals surface area contributed by atoms with Crippen LogP contribution in [0.5, 0.6) is 0 Å². The van der Waals surface area contributed by atoms with Crippen molar-refractivity contribution in [1.82, 2.24) is 19.5 Å². The van der Waals surface area contributed by atoms with Crippen LogP contribution < -0.4 is 5.32 Å². The van der Waals surface area contributed by atoms with Crippen molar-refractivity contribution in [1.29, 1.82) is 0 Å². The van der Waals surface area contributed by atoms with E-state index in [-0.39, 0.29) is 12.3 Å². The third-order valence-electron chi connectivity index (χ3n) is 3.63. The maximum Gasteiger partial charge on any atom is 0.231 e. The maximum absolute atomic E-state index is 12.1. The Hall–Kier alpha value is -2.76. The van der Waals surface area contributed by atoms with Crippen LogP contribution in [0.1, 0.15) is 31.3 Å². The van der Waals surface area contributed by atoms with E-state index in [2.05, 4.69) is 38.7 Å². The van der Waals surface area contributed by atoms with E-state index in [1.165, 1.54) is 0 Å². The second-order valence-corrected chi connectivity index (χ2v) is 5.74. The first-order valence-electron chi connectivity index (χ1n) is 7.59. The zero-order valence-corrected chi connectivity index (χ0v) is 13.4. The lowest BCUT2D eigenvalue weighted by Gasteiger charge is -2.10. The molecule has 2 aromatic heterocycles. The lowest BCUT2D eigenvalue weighted by molar-refractivity contribution is -0.115. The van der Waals surface area contributed by atoms with E-state index in [0.29, 0.717) is 12.0 Å². The predicted molar refractivity (Wildman–Crippen MR) is 89.2 cm³/mol. The van der Waals surface area contributed by atoms with E-state index in [9.17, 15) is 4.79 Å². The molecule has 0 saturated carbocycles. The van der Waals surface area contributed by atoms with Crippen molar-refractivity contribution in [3.8, 4) is 0 Å². The van der Waals surface area contributed by atoms with E-state index in [0.717, 1.165) is 22.4 Å². The van der Waals surface area contributed by atoms with Gasteiger partial charge in [-0.1, -0.05) is 6.07 Å². The second kappa shape index (κ2) is 6.16. The van der Waals surface area contributed by atoms with Gasteiger partial charge in [-0.25, -0.2) is 15.0 Å². The second-order valence-electron chi connectivity index (χ2n) is 5.74. The van der Waals surface area contributed by atoms with Crippen molar-refractivity contribution in [2.24, 2.45) is 0 Å². The van der Waals surface area contributed by atoms with Crippen LogP contribution in [0.4, 0.5) is 5.95 Å². The zero-order chi connectivity index (χ0) is 16.4. The molecular weight excluding hydrogens is 290 g/mol. The van der Waals surface area contributed by atoms with Gasteiger partial charge in [0.15, 0.2) is 0 Å². The highest BCUT2D eigenvalue weighted by Gasteiger charge is 2.12. The van der Waals surface area contributed by atoms with Gasteiger partial charge in [0.2, 0.25) is 11.9 Å². The molecule has 0 bridgehead atoms. The molecule has 3 rings (SSSR count). The molecule has 0 saturated heterocycles. The fourth-order valence-corrected chi connectivity index (χ4v) is 2.74. The first kappa shape index (κ1) is 15.1. The average Bonchev–Trinajstić information content (AvgIpc) is 2.83. The lowest BCUT2D eigenvalue weighted by Crippen LogP contribution is -2.16. The fourth-order valence-electron chi connectivity index (χ4n) is 2.74. The standard InChI is InChI=1S/C17H19N5O/c1-11(2)22-12(3)20-14-9-13(5-6-15(14)22)10-16(23)21-17-18-7-4-8-19-17/h4-9,11H,10H2,1-3H3,(H,18,19,21,23). The van der Waals surface area contributed by atoms with Crippen molar-refractivity contribution in [3.05, 3.63) is 48.0 Å². The Morgan fingerprint density at radius 1 is 1.26 bits per heavy atom. The first-order chi connectivity index (χ1) is 11.0. The number of rotatable bonds is 4. The van der Waals surface area contributed by atoms with Crippen LogP contribution in [0.25, 0.3) is 11.0 Å². The molecule has 2 heterocycles. The Labute approximate surface area is 134 Å². The SMILES string of the molecule is Cc1nc2cc(CC(=O)Nc3ncccn3)ccc2n1C(C)C. The molecule has 0 unspecified atom stereocenters. The van der Waals surface area contributed by atoms with Crippen LogP contribution in [-0.4, -0.2) is 25.4 Å². The first-order valence-corrected chi connectivity index (χ1v) is 7.59. The molecule has 1 aromatic carbocycles. The number of hydrogen-bond donors (Lipinski definition) is 1. The van der Waals surface area contributed by atoms with E-state index in [1.54, 1.807) is 18.5 Å². The third kappa shape index (κ3) is 3.21. The molecular formula is C17H19N5O.